The Hall–Kier alpha value is -2.88. The van der Waals surface area contributed by atoms with Gasteiger partial charge in [-0.2, -0.15) is 0 Å². The minimum Gasteiger partial charge on any atom is -0.465 e. The number of esters is 1. The lowest BCUT2D eigenvalue weighted by atomic mass is 9.81. The van der Waals surface area contributed by atoms with Crippen molar-refractivity contribution in [3.63, 3.8) is 0 Å². The number of fused-ring (bicyclic) bond motifs is 7. The van der Waals surface area contributed by atoms with E-state index in [1.165, 1.54) is 67.0 Å². The van der Waals surface area contributed by atoms with Crippen molar-refractivity contribution in [3.8, 4) is 11.3 Å². The van der Waals surface area contributed by atoms with Crippen molar-refractivity contribution in [3.05, 3.63) is 59.2 Å². The molecule has 6 rings (SSSR count). The van der Waals surface area contributed by atoms with Gasteiger partial charge in [-0.3, -0.25) is 4.79 Å². The van der Waals surface area contributed by atoms with Crippen LogP contribution in [0.15, 0.2) is 42.5 Å². The predicted molar refractivity (Wildman–Crippen MR) is 125 cm³/mol. The standard InChI is InChI=1S/C28H29NO3/c1-17(30)28-15-23(28)20-10-6-7-11-21(20)26-25(18-8-4-3-5-9-18)22-13-12-19(27(31)32-2)14-24(22)29(26)16-28/h6-7,10-14,18,23H,3-5,8-9,15-16H2,1-2H3. The van der Waals surface area contributed by atoms with E-state index in [9.17, 15) is 9.59 Å². The molecule has 2 aromatic carbocycles. The predicted octanol–water partition coefficient (Wildman–Crippen LogP) is 6.22. The third-order valence-electron chi connectivity index (χ3n) is 8.35. The van der Waals surface area contributed by atoms with Crippen LogP contribution in [0.4, 0.5) is 0 Å². The van der Waals surface area contributed by atoms with Crippen LogP contribution < -0.4 is 0 Å². The van der Waals surface area contributed by atoms with Crippen LogP contribution in [0.25, 0.3) is 22.2 Å². The zero-order chi connectivity index (χ0) is 22.0. The Morgan fingerprint density at radius 2 is 1.84 bits per heavy atom. The van der Waals surface area contributed by atoms with E-state index in [1.54, 1.807) is 6.92 Å². The van der Waals surface area contributed by atoms with E-state index >= 15 is 0 Å². The Morgan fingerprint density at radius 1 is 1.06 bits per heavy atom. The van der Waals surface area contributed by atoms with Crippen LogP contribution in [0.3, 0.4) is 0 Å². The molecule has 0 bridgehead atoms. The Balaban J connectivity index is 1.69. The maximum absolute atomic E-state index is 12.9. The summed E-state index contributed by atoms with van der Waals surface area (Å²) in [5, 5.41) is 1.23. The molecule has 2 heterocycles. The summed E-state index contributed by atoms with van der Waals surface area (Å²) in [7, 11) is 1.43. The number of benzene rings is 2. The summed E-state index contributed by atoms with van der Waals surface area (Å²) in [4.78, 5) is 25.3. The van der Waals surface area contributed by atoms with Gasteiger partial charge in [0, 0.05) is 23.0 Å². The molecule has 2 aliphatic carbocycles. The van der Waals surface area contributed by atoms with E-state index in [4.69, 9.17) is 4.74 Å². The van der Waals surface area contributed by atoms with Crippen molar-refractivity contribution in [1.29, 1.82) is 0 Å². The third kappa shape index (κ3) is 2.68. The second-order valence-corrected chi connectivity index (χ2v) is 9.96. The van der Waals surface area contributed by atoms with Crippen LogP contribution in [-0.4, -0.2) is 23.4 Å². The molecule has 3 aliphatic rings. The highest BCUT2D eigenvalue weighted by Gasteiger charge is 2.60. The minimum absolute atomic E-state index is 0.273. The fourth-order valence-electron chi connectivity index (χ4n) is 6.57. The molecule has 2 saturated carbocycles. The molecule has 2 fully saturated rings. The molecule has 4 heteroatoms. The second-order valence-electron chi connectivity index (χ2n) is 9.96. The van der Waals surface area contributed by atoms with E-state index in [0.29, 0.717) is 18.0 Å². The van der Waals surface area contributed by atoms with Gasteiger partial charge in [0.1, 0.15) is 5.78 Å². The molecule has 2 atom stereocenters. The van der Waals surface area contributed by atoms with Gasteiger partial charge in [-0.1, -0.05) is 49.6 Å². The van der Waals surface area contributed by atoms with Gasteiger partial charge in [0.05, 0.1) is 23.8 Å². The van der Waals surface area contributed by atoms with Gasteiger partial charge in [-0.25, -0.2) is 4.79 Å². The molecule has 1 aromatic heterocycles. The number of nitrogens with zero attached hydrogens (tertiary/aromatic N) is 1. The monoisotopic (exact) mass is 427 g/mol. The third-order valence-corrected chi connectivity index (χ3v) is 8.35. The number of aromatic nitrogens is 1. The number of hydrogen-bond acceptors (Lipinski definition) is 3. The number of methoxy groups -OCH3 is 1. The first kappa shape index (κ1) is 19.8. The van der Waals surface area contributed by atoms with Crippen LogP contribution >= 0.6 is 0 Å². The lowest BCUT2D eigenvalue weighted by Gasteiger charge is -2.24. The van der Waals surface area contributed by atoms with E-state index in [1.807, 2.05) is 12.1 Å². The maximum atomic E-state index is 12.9. The summed E-state index contributed by atoms with van der Waals surface area (Å²) < 4.78 is 7.39. The van der Waals surface area contributed by atoms with Crippen molar-refractivity contribution in [1.82, 2.24) is 4.57 Å². The van der Waals surface area contributed by atoms with Crippen molar-refractivity contribution < 1.29 is 14.3 Å². The fraction of sp³-hybridized carbons (Fsp3) is 0.429. The summed E-state index contributed by atoms with van der Waals surface area (Å²) in [6, 6.07) is 14.7. The number of rotatable bonds is 3. The lowest BCUT2D eigenvalue weighted by molar-refractivity contribution is -0.122. The molecule has 0 saturated heterocycles. The van der Waals surface area contributed by atoms with Crippen molar-refractivity contribution in [2.24, 2.45) is 5.41 Å². The van der Waals surface area contributed by atoms with Crippen LogP contribution in [-0.2, 0) is 16.1 Å². The van der Waals surface area contributed by atoms with E-state index in [0.717, 1.165) is 11.9 Å². The maximum Gasteiger partial charge on any atom is 0.337 e. The summed E-state index contributed by atoms with van der Waals surface area (Å²) in [5.41, 5.74) is 6.58. The highest BCUT2D eigenvalue weighted by atomic mass is 16.5. The number of ketones is 1. The first-order chi connectivity index (χ1) is 15.5. The van der Waals surface area contributed by atoms with Gasteiger partial charge in [0.25, 0.3) is 0 Å². The van der Waals surface area contributed by atoms with Crippen molar-refractivity contribution in [2.75, 3.05) is 7.11 Å². The first-order valence-corrected chi connectivity index (χ1v) is 11.9. The summed E-state index contributed by atoms with van der Waals surface area (Å²) in [5.74, 6) is 0.757. The Kier molecular flexibility index (Phi) is 4.36. The van der Waals surface area contributed by atoms with Gasteiger partial charge < -0.3 is 9.30 Å². The number of hydrogen-bond donors (Lipinski definition) is 0. The molecule has 0 radical (unpaired) electrons. The SMILES string of the molecule is COC(=O)c1ccc2c(C3CCCCC3)c3n(c2c1)CC1(C(C)=O)CC1c1ccccc1-3. The van der Waals surface area contributed by atoms with Crippen LogP contribution in [0.5, 0.6) is 0 Å². The number of ether oxygens (including phenoxy) is 1. The average Bonchev–Trinajstić information content (AvgIpc) is 3.50. The van der Waals surface area contributed by atoms with Gasteiger partial charge in [0.2, 0.25) is 0 Å². The molecule has 3 aromatic rings. The zero-order valence-corrected chi connectivity index (χ0v) is 18.8. The van der Waals surface area contributed by atoms with Crippen LogP contribution in [0.1, 0.15) is 78.8 Å². The molecule has 0 amide bonds. The molecule has 0 N–H and O–H groups in total. The van der Waals surface area contributed by atoms with Gasteiger partial charge >= 0.3 is 5.97 Å². The van der Waals surface area contributed by atoms with E-state index < -0.39 is 0 Å². The van der Waals surface area contributed by atoms with E-state index in [-0.39, 0.29) is 23.1 Å². The largest absolute Gasteiger partial charge is 0.465 e. The summed E-state index contributed by atoms with van der Waals surface area (Å²) in [6.45, 7) is 2.44. The number of carbonyl (C=O) groups is 2. The van der Waals surface area contributed by atoms with Gasteiger partial charge in [0.15, 0.2) is 0 Å². The number of carbonyl (C=O) groups excluding carboxylic acids is 2. The highest BCUT2D eigenvalue weighted by molar-refractivity contribution is 6.00. The van der Waals surface area contributed by atoms with Crippen molar-refractivity contribution in [2.45, 2.75) is 63.8 Å². The van der Waals surface area contributed by atoms with E-state index in [2.05, 4.69) is 34.9 Å². The van der Waals surface area contributed by atoms with Gasteiger partial charge in [-0.05, 0) is 61.3 Å². The normalized spacial score (nSPS) is 24.2. The molecule has 2 unspecified atom stereocenters. The Bertz CT molecular complexity index is 1260. The Morgan fingerprint density at radius 3 is 2.59 bits per heavy atom. The molecule has 32 heavy (non-hydrogen) atoms. The molecular weight excluding hydrogens is 398 g/mol. The highest BCUT2D eigenvalue weighted by Crippen LogP contribution is 2.65. The topological polar surface area (TPSA) is 48.3 Å². The van der Waals surface area contributed by atoms with Gasteiger partial charge in [-0.15, -0.1) is 0 Å². The lowest BCUT2D eigenvalue weighted by Crippen LogP contribution is -2.21. The molecule has 4 nitrogen and oxygen atoms in total. The van der Waals surface area contributed by atoms with Crippen LogP contribution in [0, 0.1) is 5.41 Å². The molecular formula is C28H29NO3. The second kappa shape index (κ2) is 7.06. The van der Waals surface area contributed by atoms with Crippen molar-refractivity contribution >= 4 is 22.7 Å². The van der Waals surface area contributed by atoms with Crippen LogP contribution in [0.2, 0.25) is 0 Å². The summed E-state index contributed by atoms with van der Waals surface area (Å²) in [6.07, 6.45) is 7.15. The quantitative estimate of drug-likeness (QED) is 0.466. The number of Topliss-reactive ketones (excluding diaryl/α,β-unsaturated/α-hetero) is 1. The average molecular weight is 428 g/mol. The smallest absolute Gasteiger partial charge is 0.337 e. The summed E-state index contributed by atoms with van der Waals surface area (Å²) >= 11 is 0. The first-order valence-electron chi connectivity index (χ1n) is 11.9. The Labute approximate surface area is 188 Å². The molecule has 164 valence electrons. The fourth-order valence-corrected chi connectivity index (χ4v) is 6.57. The molecule has 1 aliphatic heterocycles. The minimum atomic E-state index is -0.335. The zero-order valence-electron chi connectivity index (χ0n) is 18.8. The molecule has 0 spiro atoms.